The number of hydrogen-bond acceptors (Lipinski definition) is 3. The van der Waals surface area contributed by atoms with E-state index >= 15 is 0 Å². The summed E-state index contributed by atoms with van der Waals surface area (Å²) >= 11 is 3.25. The lowest BCUT2D eigenvalue weighted by Gasteiger charge is -2.18. The average Bonchev–Trinajstić information content (AvgIpc) is 2.96. The maximum Gasteiger partial charge on any atom is 0.212 e. The van der Waals surface area contributed by atoms with Crippen molar-refractivity contribution in [3.63, 3.8) is 0 Å². The van der Waals surface area contributed by atoms with Gasteiger partial charge in [-0.25, -0.2) is 9.37 Å². The van der Waals surface area contributed by atoms with Gasteiger partial charge in [-0.3, -0.25) is 0 Å². The van der Waals surface area contributed by atoms with Crippen molar-refractivity contribution in [3.05, 3.63) is 58.3 Å². The van der Waals surface area contributed by atoms with E-state index in [9.17, 15) is 8.78 Å². The van der Waals surface area contributed by atoms with Crippen LogP contribution < -0.4 is 10.2 Å². The largest absolute Gasteiger partial charge is 0.369 e. The summed E-state index contributed by atoms with van der Waals surface area (Å²) in [6.45, 7) is 2.19. The van der Waals surface area contributed by atoms with E-state index in [2.05, 4.69) is 31.1 Å². The van der Waals surface area contributed by atoms with Gasteiger partial charge in [0.2, 0.25) is 5.95 Å². The highest BCUT2D eigenvalue weighted by Crippen LogP contribution is 2.20. The van der Waals surface area contributed by atoms with E-state index in [1.807, 2.05) is 6.07 Å². The first-order valence-electron chi connectivity index (χ1n) is 7.15. The van der Waals surface area contributed by atoms with Gasteiger partial charge in [0.1, 0.15) is 5.82 Å². The molecule has 1 saturated heterocycles. The zero-order valence-corrected chi connectivity index (χ0v) is 13.5. The Morgan fingerprint density at radius 3 is 2.86 bits per heavy atom. The van der Waals surface area contributed by atoms with Gasteiger partial charge in [0.15, 0.2) is 0 Å². The number of hydrogen-bond donors (Lipinski definition) is 1. The van der Waals surface area contributed by atoms with E-state index in [1.165, 1.54) is 12.1 Å². The lowest BCUT2D eigenvalue weighted by atomic mass is 10.2. The van der Waals surface area contributed by atoms with Crippen molar-refractivity contribution >= 4 is 21.6 Å². The Labute approximate surface area is 136 Å². The van der Waals surface area contributed by atoms with Crippen molar-refractivity contribution in [2.45, 2.75) is 19.0 Å². The summed E-state index contributed by atoms with van der Waals surface area (Å²) in [7, 11) is 0. The molecule has 1 aromatic carbocycles. The molecule has 1 unspecified atom stereocenters. The fraction of sp³-hybridized carbons (Fsp3) is 0.312. The second-order valence-corrected chi connectivity index (χ2v) is 6.30. The number of halogens is 3. The molecule has 3 nitrogen and oxygen atoms in total. The van der Waals surface area contributed by atoms with Crippen LogP contribution in [0.15, 0.2) is 41.0 Å². The molecule has 1 aliphatic rings. The van der Waals surface area contributed by atoms with Gasteiger partial charge in [0, 0.05) is 35.7 Å². The molecule has 0 saturated carbocycles. The summed E-state index contributed by atoms with van der Waals surface area (Å²) in [5.74, 6) is -0.678. The molecular formula is C16H16BrF2N3. The van der Waals surface area contributed by atoms with Gasteiger partial charge < -0.3 is 10.2 Å². The molecule has 0 spiro atoms. The lowest BCUT2D eigenvalue weighted by Crippen LogP contribution is -2.32. The fourth-order valence-electron chi connectivity index (χ4n) is 2.64. The molecule has 1 aliphatic heterocycles. The molecule has 0 bridgehead atoms. The van der Waals surface area contributed by atoms with Crippen molar-refractivity contribution in [2.75, 3.05) is 18.0 Å². The second-order valence-electron chi connectivity index (χ2n) is 5.39. The predicted molar refractivity (Wildman–Crippen MR) is 85.8 cm³/mol. The molecule has 0 amide bonds. The summed E-state index contributed by atoms with van der Waals surface area (Å²) in [5, 5.41) is 3.38. The molecule has 1 N–H and O–H groups in total. The average molecular weight is 368 g/mol. The zero-order valence-electron chi connectivity index (χ0n) is 11.9. The Morgan fingerprint density at radius 2 is 2.14 bits per heavy atom. The number of rotatable bonds is 4. The monoisotopic (exact) mass is 367 g/mol. The van der Waals surface area contributed by atoms with Crippen molar-refractivity contribution in [1.29, 1.82) is 0 Å². The molecule has 0 radical (unpaired) electrons. The van der Waals surface area contributed by atoms with Crippen LogP contribution in [-0.4, -0.2) is 24.1 Å². The van der Waals surface area contributed by atoms with Crippen LogP contribution in [0.2, 0.25) is 0 Å². The minimum Gasteiger partial charge on any atom is -0.369 e. The zero-order chi connectivity index (χ0) is 15.5. The first-order chi connectivity index (χ1) is 10.6. The van der Waals surface area contributed by atoms with E-state index in [-0.39, 0.29) is 11.9 Å². The molecule has 22 heavy (non-hydrogen) atoms. The van der Waals surface area contributed by atoms with Crippen LogP contribution in [0.4, 0.5) is 14.5 Å². The van der Waals surface area contributed by atoms with Gasteiger partial charge in [-0.1, -0.05) is 22.0 Å². The topological polar surface area (TPSA) is 28.2 Å². The first kappa shape index (κ1) is 15.4. The van der Waals surface area contributed by atoms with Gasteiger partial charge in [-0.05, 0) is 30.7 Å². The predicted octanol–water partition coefficient (Wildman–Crippen LogP) is 3.49. The molecule has 3 rings (SSSR count). The molecule has 1 fully saturated rings. The van der Waals surface area contributed by atoms with Crippen molar-refractivity contribution < 1.29 is 8.78 Å². The van der Waals surface area contributed by atoms with Crippen LogP contribution in [-0.2, 0) is 6.54 Å². The van der Waals surface area contributed by atoms with Gasteiger partial charge >= 0.3 is 0 Å². The third kappa shape index (κ3) is 3.62. The summed E-state index contributed by atoms with van der Waals surface area (Å²) in [6.07, 6.45) is 2.52. The quantitative estimate of drug-likeness (QED) is 0.838. The van der Waals surface area contributed by atoms with Crippen LogP contribution >= 0.6 is 15.9 Å². The SMILES string of the molecule is Fc1ccc(N2CCC(NCc3ccc(Br)cc3F)C2)cn1. The molecule has 1 aromatic heterocycles. The van der Waals surface area contributed by atoms with Crippen molar-refractivity contribution in [1.82, 2.24) is 10.3 Å². The first-order valence-corrected chi connectivity index (χ1v) is 7.95. The van der Waals surface area contributed by atoms with Gasteiger partial charge in [0.05, 0.1) is 11.9 Å². The Balaban J connectivity index is 1.56. The highest BCUT2D eigenvalue weighted by atomic mass is 79.9. The minimum atomic E-state index is -0.469. The Kier molecular flexibility index (Phi) is 4.69. The molecule has 6 heteroatoms. The van der Waals surface area contributed by atoms with E-state index in [0.717, 1.165) is 29.7 Å². The second kappa shape index (κ2) is 6.71. The lowest BCUT2D eigenvalue weighted by molar-refractivity contribution is 0.529. The summed E-state index contributed by atoms with van der Waals surface area (Å²) in [6, 6.07) is 8.48. The van der Waals surface area contributed by atoms with Gasteiger partial charge in [-0.2, -0.15) is 4.39 Å². The van der Waals surface area contributed by atoms with Crippen molar-refractivity contribution in [3.8, 4) is 0 Å². The fourth-order valence-corrected chi connectivity index (χ4v) is 2.97. The maximum atomic E-state index is 13.8. The van der Waals surface area contributed by atoms with Crippen LogP contribution in [0.3, 0.4) is 0 Å². The molecule has 1 atom stereocenters. The smallest absolute Gasteiger partial charge is 0.212 e. The number of nitrogens with one attached hydrogen (secondary N) is 1. The molecule has 2 heterocycles. The number of anilines is 1. The van der Waals surface area contributed by atoms with Crippen molar-refractivity contribution in [2.24, 2.45) is 0 Å². The number of pyridine rings is 1. The number of nitrogens with zero attached hydrogens (tertiary/aromatic N) is 2. The van der Waals surface area contributed by atoms with Gasteiger partial charge in [0.25, 0.3) is 0 Å². The third-order valence-corrected chi connectivity index (χ3v) is 4.35. The standard InChI is InChI=1S/C16H16BrF2N3/c17-12-2-1-11(15(18)7-12)8-20-13-5-6-22(10-13)14-3-4-16(19)21-9-14/h1-4,7,9,13,20H,5-6,8,10H2. The minimum absolute atomic E-state index is 0.209. The third-order valence-electron chi connectivity index (χ3n) is 3.86. The summed E-state index contributed by atoms with van der Waals surface area (Å²) in [5.41, 5.74) is 1.57. The van der Waals surface area contributed by atoms with Crippen LogP contribution in [0.5, 0.6) is 0 Å². The molecular weight excluding hydrogens is 352 g/mol. The summed E-state index contributed by atoms with van der Waals surface area (Å²) < 4.78 is 27.4. The van der Waals surface area contributed by atoms with Crippen LogP contribution in [0.1, 0.15) is 12.0 Å². The number of benzene rings is 1. The molecule has 0 aliphatic carbocycles. The van der Waals surface area contributed by atoms with E-state index in [1.54, 1.807) is 18.3 Å². The molecule has 116 valence electrons. The maximum absolute atomic E-state index is 13.8. The summed E-state index contributed by atoms with van der Waals surface area (Å²) in [4.78, 5) is 5.83. The number of aromatic nitrogens is 1. The van der Waals surface area contributed by atoms with Gasteiger partial charge in [-0.15, -0.1) is 0 Å². The van der Waals surface area contributed by atoms with E-state index < -0.39 is 5.95 Å². The Morgan fingerprint density at radius 1 is 1.27 bits per heavy atom. The molecule has 2 aromatic rings. The van der Waals surface area contributed by atoms with Crippen LogP contribution in [0, 0.1) is 11.8 Å². The van der Waals surface area contributed by atoms with E-state index in [4.69, 9.17) is 0 Å². The normalized spacial score (nSPS) is 18.0. The Hall–Kier alpha value is -1.53. The highest BCUT2D eigenvalue weighted by molar-refractivity contribution is 9.10. The van der Waals surface area contributed by atoms with Crippen LogP contribution in [0.25, 0.3) is 0 Å². The highest BCUT2D eigenvalue weighted by Gasteiger charge is 2.22. The van der Waals surface area contributed by atoms with E-state index in [0.29, 0.717) is 12.1 Å². The Bertz CT molecular complexity index is 648.